The van der Waals surface area contributed by atoms with Gasteiger partial charge in [-0.25, -0.2) is 8.78 Å². The molecule has 0 saturated heterocycles. The smallest absolute Gasteiger partial charge is 0.161 e. The van der Waals surface area contributed by atoms with Gasteiger partial charge in [-0.05, 0) is 32.1 Å². The van der Waals surface area contributed by atoms with Gasteiger partial charge in [0.25, 0.3) is 0 Å². The van der Waals surface area contributed by atoms with Gasteiger partial charge in [0.2, 0.25) is 0 Å². The third-order valence-electron chi connectivity index (χ3n) is 2.14. The molecule has 0 fully saturated rings. The van der Waals surface area contributed by atoms with Gasteiger partial charge in [-0.1, -0.05) is 12.1 Å². The summed E-state index contributed by atoms with van der Waals surface area (Å²) >= 11 is 0. The molecule has 0 aliphatic heterocycles. The quantitative estimate of drug-likeness (QED) is 0.571. The van der Waals surface area contributed by atoms with Crippen molar-refractivity contribution in [1.82, 2.24) is 4.98 Å². The van der Waals surface area contributed by atoms with E-state index >= 15 is 0 Å². The van der Waals surface area contributed by atoms with Gasteiger partial charge < -0.3 is 0 Å². The van der Waals surface area contributed by atoms with Gasteiger partial charge in [0.15, 0.2) is 11.6 Å². The fourth-order valence-electron chi connectivity index (χ4n) is 1.30. The largest absolute Gasteiger partial charge is 0.299 e. The number of pyridine rings is 1. The first kappa shape index (κ1) is 14.0. The molecular formula is C14H13F2NO. The lowest BCUT2D eigenvalue weighted by Gasteiger charge is -1.99. The Hall–Kier alpha value is -2.10. The van der Waals surface area contributed by atoms with Crippen molar-refractivity contribution in [1.29, 1.82) is 0 Å². The van der Waals surface area contributed by atoms with Crippen LogP contribution in [0.25, 0.3) is 10.9 Å². The molecule has 0 amide bonds. The minimum absolute atomic E-state index is 0.485. The van der Waals surface area contributed by atoms with Gasteiger partial charge in [0.05, 0.1) is 5.52 Å². The van der Waals surface area contributed by atoms with Crippen LogP contribution in [0.1, 0.15) is 12.6 Å². The van der Waals surface area contributed by atoms with Gasteiger partial charge >= 0.3 is 0 Å². The molecule has 0 spiro atoms. The number of benzene rings is 1. The number of halogens is 2. The van der Waals surface area contributed by atoms with E-state index in [0.29, 0.717) is 10.9 Å². The van der Waals surface area contributed by atoms with Crippen LogP contribution in [0.2, 0.25) is 0 Å². The molecule has 2 nitrogen and oxygen atoms in total. The van der Waals surface area contributed by atoms with Crippen molar-refractivity contribution >= 4 is 17.2 Å². The predicted octanol–water partition coefficient (Wildman–Crippen LogP) is 3.58. The zero-order chi connectivity index (χ0) is 13.5. The molecule has 0 bridgehead atoms. The van der Waals surface area contributed by atoms with Gasteiger partial charge in [-0.3, -0.25) is 9.78 Å². The molecule has 1 aromatic heterocycles. The van der Waals surface area contributed by atoms with E-state index in [1.54, 1.807) is 32.1 Å². The third-order valence-corrected chi connectivity index (χ3v) is 2.14. The molecule has 0 atom stereocenters. The first-order valence-corrected chi connectivity index (χ1v) is 5.37. The van der Waals surface area contributed by atoms with Gasteiger partial charge in [-0.2, -0.15) is 0 Å². The molecule has 0 saturated carbocycles. The fourth-order valence-corrected chi connectivity index (χ4v) is 1.30. The molecule has 0 unspecified atom stereocenters. The number of aldehydes is 1. The third kappa shape index (κ3) is 3.73. The van der Waals surface area contributed by atoms with E-state index in [1.165, 1.54) is 6.08 Å². The minimum atomic E-state index is -0.856. The SMILES string of the molecule is C/C=C/C=O.Cc1ccc2cc(F)c(F)cc2n1. The Morgan fingerprint density at radius 3 is 2.39 bits per heavy atom. The highest BCUT2D eigenvalue weighted by molar-refractivity contribution is 5.78. The molecule has 0 radical (unpaired) electrons. The van der Waals surface area contributed by atoms with Gasteiger partial charge in [0.1, 0.15) is 6.29 Å². The summed E-state index contributed by atoms with van der Waals surface area (Å²) in [7, 11) is 0. The minimum Gasteiger partial charge on any atom is -0.299 e. The molecule has 0 aliphatic carbocycles. The summed E-state index contributed by atoms with van der Waals surface area (Å²) in [6, 6.07) is 5.74. The summed E-state index contributed by atoms with van der Waals surface area (Å²) in [6.07, 6.45) is 3.88. The number of allylic oxidation sites excluding steroid dienone is 2. The number of aromatic nitrogens is 1. The molecule has 94 valence electrons. The Balaban J connectivity index is 0.000000280. The van der Waals surface area contributed by atoms with Crippen LogP contribution in [0.15, 0.2) is 36.4 Å². The molecule has 4 heteroatoms. The van der Waals surface area contributed by atoms with Crippen LogP contribution in [0.4, 0.5) is 8.78 Å². The van der Waals surface area contributed by atoms with E-state index in [0.717, 1.165) is 24.1 Å². The Bertz CT molecular complexity index is 579. The standard InChI is InChI=1S/C10H7F2N.C4H6O/c1-6-2-3-7-4-8(11)9(12)5-10(7)13-6;1-2-3-4-5/h2-5H,1H3;2-4H,1H3/b;3-2+. The van der Waals surface area contributed by atoms with E-state index in [2.05, 4.69) is 4.98 Å². The number of rotatable bonds is 1. The summed E-state index contributed by atoms with van der Waals surface area (Å²) in [4.78, 5) is 13.4. The summed E-state index contributed by atoms with van der Waals surface area (Å²) < 4.78 is 25.5. The molecular weight excluding hydrogens is 236 g/mol. The highest BCUT2D eigenvalue weighted by atomic mass is 19.2. The summed E-state index contributed by atoms with van der Waals surface area (Å²) in [5, 5.41) is 0.615. The molecule has 0 N–H and O–H groups in total. The topological polar surface area (TPSA) is 30.0 Å². The van der Waals surface area contributed by atoms with Crippen molar-refractivity contribution in [2.75, 3.05) is 0 Å². The number of carbonyl (C=O) groups excluding carboxylic acids is 1. The summed E-state index contributed by atoms with van der Waals surface area (Å²) in [6.45, 7) is 3.61. The van der Waals surface area contributed by atoms with E-state index in [-0.39, 0.29) is 0 Å². The second-order valence-electron chi connectivity index (χ2n) is 3.57. The lowest BCUT2D eigenvalue weighted by molar-refractivity contribution is -0.104. The monoisotopic (exact) mass is 249 g/mol. The number of fused-ring (bicyclic) bond motifs is 1. The second kappa shape index (κ2) is 6.59. The van der Waals surface area contributed by atoms with Crippen molar-refractivity contribution in [3.8, 4) is 0 Å². The van der Waals surface area contributed by atoms with Crippen LogP contribution < -0.4 is 0 Å². The first-order chi connectivity index (χ1) is 8.58. The lowest BCUT2D eigenvalue weighted by atomic mass is 10.2. The van der Waals surface area contributed by atoms with Crippen molar-refractivity contribution in [3.05, 3.63) is 53.7 Å². The average molecular weight is 249 g/mol. The Labute approximate surface area is 104 Å². The Kier molecular flexibility index (Phi) is 5.11. The molecule has 2 aromatic rings. The van der Waals surface area contributed by atoms with Crippen LogP contribution in [-0.4, -0.2) is 11.3 Å². The van der Waals surface area contributed by atoms with Gasteiger partial charge in [0, 0.05) is 17.1 Å². The highest BCUT2D eigenvalue weighted by Crippen LogP contribution is 2.16. The molecule has 0 aliphatic rings. The lowest BCUT2D eigenvalue weighted by Crippen LogP contribution is -1.88. The van der Waals surface area contributed by atoms with Crippen LogP contribution >= 0.6 is 0 Å². The van der Waals surface area contributed by atoms with E-state index in [1.807, 2.05) is 0 Å². The summed E-state index contributed by atoms with van der Waals surface area (Å²) in [5.41, 5.74) is 1.28. The molecule has 1 aromatic carbocycles. The van der Waals surface area contributed by atoms with Crippen LogP contribution in [0.3, 0.4) is 0 Å². The Morgan fingerprint density at radius 1 is 1.17 bits per heavy atom. The van der Waals surface area contributed by atoms with Crippen molar-refractivity contribution in [2.24, 2.45) is 0 Å². The zero-order valence-electron chi connectivity index (χ0n) is 10.2. The number of nitrogens with zero attached hydrogens (tertiary/aromatic N) is 1. The maximum atomic E-state index is 12.8. The Morgan fingerprint density at radius 2 is 1.83 bits per heavy atom. The van der Waals surface area contributed by atoms with Crippen molar-refractivity contribution in [2.45, 2.75) is 13.8 Å². The zero-order valence-corrected chi connectivity index (χ0v) is 10.2. The number of hydrogen-bond donors (Lipinski definition) is 0. The summed E-state index contributed by atoms with van der Waals surface area (Å²) in [5.74, 6) is -1.69. The van der Waals surface area contributed by atoms with Crippen LogP contribution in [0, 0.1) is 18.6 Å². The normalized spacial score (nSPS) is 10.2. The number of carbonyl (C=O) groups is 1. The van der Waals surface area contributed by atoms with Crippen molar-refractivity contribution in [3.63, 3.8) is 0 Å². The predicted molar refractivity (Wildman–Crippen MR) is 67.3 cm³/mol. The average Bonchev–Trinajstić information content (AvgIpc) is 2.33. The highest BCUT2D eigenvalue weighted by Gasteiger charge is 2.04. The molecule has 1 heterocycles. The molecule has 18 heavy (non-hydrogen) atoms. The van der Waals surface area contributed by atoms with Crippen LogP contribution in [0.5, 0.6) is 0 Å². The maximum Gasteiger partial charge on any atom is 0.161 e. The van der Waals surface area contributed by atoms with Gasteiger partial charge in [-0.15, -0.1) is 0 Å². The number of aryl methyl sites for hydroxylation is 1. The second-order valence-corrected chi connectivity index (χ2v) is 3.57. The van der Waals surface area contributed by atoms with Crippen LogP contribution in [-0.2, 0) is 4.79 Å². The molecule has 2 rings (SSSR count). The first-order valence-electron chi connectivity index (χ1n) is 5.37. The van der Waals surface area contributed by atoms with Crippen molar-refractivity contribution < 1.29 is 13.6 Å². The fraction of sp³-hybridized carbons (Fsp3) is 0.143. The maximum absolute atomic E-state index is 12.8. The number of hydrogen-bond acceptors (Lipinski definition) is 2. The van der Waals surface area contributed by atoms with E-state index in [9.17, 15) is 13.6 Å². The van der Waals surface area contributed by atoms with E-state index < -0.39 is 11.6 Å². The van der Waals surface area contributed by atoms with E-state index in [4.69, 9.17) is 0 Å².